The summed E-state index contributed by atoms with van der Waals surface area (Å²) in [6.45, 7) is 4.44. The van der Waals surface area contributed by atoms with E-state index in [4.69, 9.17) is 11.6 Å². The van der Waals surface area contributed by atoms with E-state index in [-0.39, 0.29) is 11.5 Å². The monoisotopic (exact) mass is 425 g/mol. The van der Waals surface area contributed by atoms with Crippen molar-refractivity contribution >= 4 is 40.4 Å². The van der Waals surface area contributed by atoms with Crippen LogP contribution in [-0.4, -0.2) is 46.1 Å². The number of aryl methyl sites for hydroxylation is 1. The van der Waals surface area contributed by atoms with Gasteiger partial charge in [0.25, 0.3) is 0 Å². The maximum absolute atomic E-state index is 11.9. The van der Waals surface area contributed by atoms with Crippen LogP contribution in [0.5, 0.6) is 0 Å². The number of anilines is 4. The highest BCUT2D eigenvalue weighted by Gasteiger charge is 2.29. The number of rotatable bonds is 5. The topological polar surface area (TPSA) is 100 Å². The van der Waals surface area contributed by atoms with Crippen LogP contribution in [0.3, 0.4) is 0 Å². The number of piperazine rings is 1. The van der Waals surface area contributed by atoms with Gasteiger partial charge >= 0.3 is 5.69 Å². The van der Waals surface area contributed by atoms with E-state index in [0.29, 0.717) is 42.7 Å². The number of aromatic nitrogens is 3. The maximum Gasteiger partial charge on any atom is 0.353 e. The van der Waals surface area contributed by atoms with E-state index in [1.54, 1.807) is 18.3 Å². The molecule has 9 nitrogen and oxygen atoms in total. The van der Waals surface area contributed by atoms with E-state index in [9.17, 15) is 10.1 Å². The third kappa shape index (κ3) is 4.11. The fourth-order valence-corrected chi connectivity index (χ4v) is 3.54. The molecular formula is C20H20ClN7O2. The fourth-order valence-electron chi connectivity index (χ4n) is 3.36. The Kier molecular flexibility index (Phi) is 5.62. The first-order valence-electron chi connectivity index (χ1n) is 9.46. The molecule has 0 saturated carbocycles. The molecule has 2 aromatic heterocycles. The van der Waals surface area contributed by atoms with Gasteiger partial charge in [0, 0.05) is 43.1 Å². The van der Waals surface area contributed by atoms with Gasteiger partial charge in [-0.2, -0.15) is 0 Å². The van der Waals surface area contributed by atoms with Gasteiger partial charge in [0.15, 0.2) is 0 Å². The summed E-state index contributed by atoms with van der Waals surface area (Å²) in [5.74, 6) is 1.33. The molecule has 1 saturated heterocycles. The molecule has 0 bridgehead atoms. The van der Waals surface area contributed by atoms with Crippen molar-refractivity contribution in [2.24, 2.45) is 0 Å². The average Bonchev–Trinajstić information content (AvgIpc) is 2.77. The van der Waals surface area contributed by atoms with Crippen molar-refractivity contribution < 1.29 is 4.92 Å². The Labute approximate surface area is 178 Å². The molecule has 10 heteroatoms. The van der Waals surface area contributed by atoms with Crippen molar-refractivity contribution in [1.29, 1.82) is 0 Å². The standard InChI is InChI=1S/C20H20ClN7O2/c1-14-5-6-15(12-16(14)21)25-19-18(28(29)30)20(24-13-23-19)27-10-8-26(9-11-27)17-4-2-3-7-22-17/h2-7,12-13H,8-11H2,1H3,(H,23,24,25). The Hall–Kier alpha value is -3.46. The van der Waals surface area contributed by atoms with Gasteiger partial charge in [-0.05, 0) is 36.8 Å². The molecule has 0 atom stereocenters. The smallest absolute Gasteiger partial charge is 0.353 e. The summed E-state index contributed by atoms with van der Waals surface area (Å²) in [6, 6.07) is 11.1. The van der Waals surface area contributed by atoms with Crippen LogP contribution in [0.4, 0.5) is 28.8 Å². The van der Waals surface area contributed by atoms with Crippen molar-refractivity contribution in [1.82, 2.24) is 15.0 Å². The molecule has 3 aromatic rings. The molecule has 0 aliphatic carbocycles. The number of nitrogens with one attached hydrogen (secondary N) is 1. The Bertz CT molecular complexity index is 1060. The minimum absolute atomic E-state index is 0.136. The summed E-state index contributed by atoms with van der Waals surface area (Å²) < 4.78 is 0. The maximum atomic E-state index is 11.9. The number of hydrogen-bond donors (Lipinski definition) is 1. The summed E-state index contributed by atoms with van der Waals surface area (Å²) in [6.07, 6.45) is 3.10. The van der Waals surface area contributed by atoms with Crippen LogP contribution in [0.1, 0.15) is 5.56 Å². The van der Waals surface area contributed by atoms with Gasteiger partial charge in [0.2, 0.25) is 11.6 Å². The fraction of sp³-hybridized carbons (Fsp3) is 0.250. The summed E-state index contributed by atoms with van der Waals surface area (Å²) in [5, 5.41) is 15.5. The SMILES string of the molecule is Cc1ccc(Nc2ncnc(N3CCN(c4ccccn4)CC3)c2[N+](=O)[O-])cc1Cl. The Morgan fingerprint density at radius 2 is 1.83 bits per heavy atom. The lowest BCUT2D eigenvalue weighted by molar-refractivity contribution is -0.383. The molecule has 4 rings (SSSR count). The van der Waals surface area contributed by atoms with Gasteiger partial charge in [-0.3, -0.25) is 10.1 Å². The molecule has 1 N–H and O–H groups in total. The molecular weight excluding hydrogens is 406 g/mol. The van der Waals surface area contributed by atoms with E-state index in [2.05, 4.69) is 25.2 Å². The predicted octanol–water partition coefficient (Wildman–Crippen LogP) is 3.81. The molecule has 0 radical (unpaired) electrons. The number of hydrogen-bond acceptors (Lipinski definition) is 8. The molecule has 1 aliphatic heterocycles. The predicted molar refractivity (Wildman–Crippen MR) is 117 cm³/mol. The van der Waals surface area contributed by atoms with E-state index in [0.717, 1.165) is 11.4 Å². The van der Waals surface area contributed by atoms with Crippen LogP contribution in [0.15, 0.2) is 48.9 Å². The van der Waals surface area contributed by atoms with Crippen molar-refractivity contribution in [3.8, 4) is 0 Å². The Morgan fingerprint density at radius 3 is 2.50 bits per heavy atom. The normalized spacial score (nSPS) is 13.9. The number of benzene rings is 1. The van der Waals surface area contributed by atoms with Crippen LogP contribution in [0.25, 0.3) is 0 Å². The lowest BCUT2D eigenvalue weighted by Crippen LogP contribution is -2.47. The molecule has 1 aliphatic rings. The van der Waals surface area contributed by atoms with Gasteiger partial charge in [-0.25, -0.2) is 15.0 Å². The molecule has 0 spiro atoms. The lowest BCUT2D eigenvalue weighted by Gasteiger charge is -2.35. The number of pyridine rings is 1. The van der Waals surface area contributed by atoms with Crippen molar-refractivity contribution in [3.05, 3.63) is 69.6 Å². The first-order chi connectivity index (χ1) is 14.5. The minimum atomic E-state index is -0.446. The molecule has 1 aromatic carbocycles. The third-order valence-electron chi connectivity index (χ3n) is 4.97. The molecule has 0 amide bonds. The Balaban J connectivity index is 1.57. The zero-order chi connectivity index (χ0) is 21.1. The van der Waals surface area contributed by atoms with Gasteiger partial charge in [-0.1, -0.05) is 23.7 Å². The minimum Gasteiger partial charge on any atom is -0.353 e. The van der Waals surface area contributed by atoms with Crippen LogP contribution in [0, 0.1) is 17.0 Å². The van der Waals surface area contributed by atoms with Crippen LogP contribution >= 0.6 is 11.6 Å². The van der Waals surface area contributed by atoms with Crippen LogP contribution < -0.4 is 15.1 Å². The molecule has 0 unspecified atom stereocenters. The van der Waals surface area contributed by atoms with Gasteiger partial charge < -0.3 is 15.1 Å². The summed E-state index contributed by atoms with van der Waals surface area (Å²) in [4.78, 5) is 28.2. The zero-order valence-electron chi connectivity index (χ0n) is 16.3. The average molecular weight is 426 g/mol. The summed E-state index contributed by atoms with van der Waals surface area (Å²) in [5.41, 5.74) is 1.39. The first kappa shape index (κ1) is 19.8. The highest BCUT2D eigenvalue weighted by atomic mass is 35.5. The van der Waals surface area contributed by atoms with Crippen LogP contribution in [0.2, 0.25) is 5.02 Å². The number of nitrogens with zero attached hydrogens (tertiary/aromatic N) is 6. The zero-order valence-corrected chi connectivity index (χ0v) is 17.1. The summed E-state index contributed by atoms with van der Waals surface area (Å²) >= 11 is 6.17. The second-order valence-corrected chi connectivity index (χ2v) is 7.31. The quantitative estimate of drug-likeness (QED) is 0.486. The molecule has 30 heavy (non-hydrogen) atoms. The van der Waals surface area contributed by atoms with E-state index in [1.807, 2.05) is 36.1 Å². The Morgan fingerprint density at radius 1 is 1.07 bits per heavy atom. The van der Waals surface area contributed by atoms with Crippen molar-refractivity contribution in [2.45, 2.75) is 6.92 Å². The van der Waals surface area contributed by atoms with Crippen molar-refractivity contribution in [2.75, 3.05) is 41.3 Å². The van der Waals surface area contributed by atoms with E-state index < -0.39 is 4.92 Å². The largest absolute Gasteiger partial charge is 0.353 e. The van der Waals surface area contributed by atoms with Gasteiger partial charge in [0.1, 0.15) is 12.1 Å². The van der Waals surface area contributed by atoms with Gasteiger partial charge in [-0.15, -0.1) is 0 Å². The third-order valence-corrected chi connectivity index (χ3v) is 5.38. The van der Waals surface area contributed by atoms with Crippen LogP contribution in [-0.2, 0) is 0 Å². The molecule has 154 valence electrons. The highest BCUT2D eigenvalue weighted by molar-refractivity contribution is 6.31. The van der Waals surface area contributed by atoms with Crippen molar-refractivity contribution in [3.63, 3.8) is 0 Å². The number of nitro groups is 1. The van der Waals surface area contributed by atoms with E-state index in [1.165, 1.54) is 6.33 Å². The highest BCUT2D eigenvalue weighted by Crippen LogP contribution is 2.34. The lowest BCUT2D eigenvalue weighted by atomic mass is 10.2. The second kappa shape index (κ2) is 8.50. The summed E-state index contributed by atoms with van der Waals surface area (Å²) in [7, 11) is 0. The molecule has 1 fully saturated rings. The van der Waals surface area contributed by atoms with Gasteiger partial charge in [0.05, 0.1) is 4.92 Å². The molecule has 3 heterocycles. The first-order valence-corrected chi connectivity index (χ1v) is 9.84. The van der Waals surface area contributed by atoms with E-state index >= 15 is 0 Å². The number of halogens is 1. The second-order valence-electron chi connectivity index (χ2n) is 6.90.